The molecule has 1 fully saturated rings. The summed E-state index contributed by atoms with van der Waals surface area (Å²) in [4.78, 5) is 11.5. The quantitative estimate of drug-likeness (QED) is 0.393. The Morgan fingerprint density at radius 3 is 2.69 bits per heavy atom. The molecule has 1 aliphatic carbocycles. The topological polar surface area (TPSA) is 44.8 Å². The zero-order valence-corrected chi connectivity index (χ0v) is 17.0. The smallest absolute Gasteiger partial charge is 0.488 e. The minimum Gasteiger partial charge on any atom is -0.488 e. The average Bonchev–Trinajstić information content (AvgIpc) is 3.46. The fourth-order valence-corrected chi connectivity index (χ4v) is 3.53. The van der Waals surface area contributed by atoms with E-state index >= 15 is 0 Å². The van der Waals surface area contributed by atoms with Gasteiger partial charge in [0.25, 0.3) is 0 Å². The Balaban J connectivity index is 1.85. The molecule has 138 valence electrons. The molecular formula is C20H20BrClO4. The van der Waals surface area contributed by atoms with Crippen molar-refractivity contribution in [2.24, 2.45) is 0 Å². The lowest BCUT2D eigenvalue weighted by atomic mass is 10.0. The molecule has 0 aromatic heterocycles. The zero-order chi connectivity index (χ0) is 18.7. The number of carbonyl (C=O) groups is 1. The molecule has 3 rings (SSSR count). The Morgan fingerprint density at radius 1 is 1.27 bits per heavy atom. The minimum absolute atomic E-state index is 0.245. The molecule has 26 heavy (non-hydrogen) atoms. The highest BCUT2D eigenvalue weighted by molar-refractivity contribution is 9.10. The van der Waals surface area contributed by atoms with E-state index in [0.717, 1.165) is 27.8 Å². The Labute approximate surface area is 166 Å². The molecule has 6 heteroatoms. The van der Waals surface area contributed by atoms with Gasteiger partial charge in [-0.3, -0.25) is 0 Å². The van der Waals surface area contributed by atoms with Crippen molar-refractivity contribution in [3.63, 3.8) is 0 Å². The molecule has 1 aliphatic rings. The van der Waals surface area contributed by atoms with Crippen molar-refractivity contribution >= 4 is 33.7 Å². The molecule has 0 aliphatic heterocycles. The van der Waals surface area contributed by atoms with Crippen molar-refractivity contribution in [2.45, 2.75) is 38.7 Å². The van der Waals surface area contributed by atoms with E-state index in [1.165, 1.54) is 25.5 Å². The van der Waals surface area contributed by atoms with E-state index < -0.39 is 6.16 Å². The normalized spacial score (nSPS) is 13.4. The fraction of sp³-hybridized carbons (Fsp3) is 0.350. The van der Waals surface area contributed by atoms with Crippen molar-refractivity contribution in [2.75, 3.05) is 7.11 Å². The molecule has 0 bridgehead atoms. The summed E-state index contributed by atoms with van der Waals surface area (Å²) in [6, 6.07) is 9.41. The molecule has 2 aromatic rings. The lowest BCUT2D eigenvalue weighted by molar-refractivity contribution is 0.120. The van der Waals surface area contributed by atoms with Crippen LogP contribution >= 0.6 is 27.5 Å². The molecule has 0 saturated heterocycles. The summed E-state index contributed by atoms with van der Waals surface area (Å²) < 4.78 is 16.7. The Morgan fingerprint density at radius 2 is 2.04 bits per heavy atom. The number of rotatable bonds is 6. The van der Waals surface area contributed by atoms with Crippen LogP contribution in [-0.4, -0.2) is 13.3 Å². The molecule has 1 saturated carbocycles. The second kappa shape index (κ2) is 8.31. The molecule has 0 amide bonds. The van der Waals surface area contributed by atoms with E-state index in [2.05, 4.69) is 33.7 Å². The highest BCUT2D eigenvalue weighted by atomic mass is 79.9. The van der Waals surface area contributed by atoms with Crippen LogP contribution in [0.5, 0.6) is 11.5 Å². The number of benzene rings is 2. The van der Waals surface area contributed by atoms with E-state index in [-0.39, 0.29) is 6.61 Å². The van der Waals surface area contributed by atoms with Crippen molar-refractivity contribution in [1.29, 1.82) is 0 Å². The van der Waals surface area contributed by atoms with Gasteiger partial charge in [-0.25, -0.2) is 4.79 Å². The van der Waals surface area contributed by atoms with Gasteiger partial charge in [-0.1, -0.05) is 46.6 Å². The van der Waals surface area contributed by atoms with Crippen LogP contribution in [-0.2, 0) is 17.8 Å². The first-order chi connectivity index (χ1) is 12.5. The SMILES string of the molecule is CCc1cc(C2CC2)c(OCc2c(Br)cccc2OC(=O)OC)cc1Cl. The van der Waals surface area contributed by atoms with Gasteiger partial charge in [0.05, 0.1) is 7.11 Å². The monoisotopic (exact) mass is 438 g/mol. The average molecular weight is 440 g/mol. The first-order valence-corrected chi connectivity index (χ1v) is 9.68. The number of aryl methyl sites for hydroxylation is 1. The maximum Gasteiger partial charge on any atom is 0.513 e. The highest BCUT2D eigenvalue weighted by Crippen LogP contribution is 2.46. The van der Waals surface area contributed by atoms with Crippen LogP contribution < -0.4 is 9.47 Å². The van der Waals surface area contributed by atoms with Crippen LogP contribution in [0.1, 0.15) is 42.4 Å². The fourth-order valence-electron chi connectivity index (χ4n) is 2.78. The summed E-state index contributed by atoms with van der Waals surface area (Å²) in [7, 11) is 1.27. The van der Waals surface area contributed by atoms with E-state index in [4.69, 9.17) is 21.1 Å². The van der Waals surface area contributed by atoms with E-state index in [0.29, 0.717) is 16.7 Å². The van der Waals surface area contributed by atoms with Gasteiger partial charge in [0.1, 0.15) is 18.1 Å². The van der Waals surface area contributed by atoms with Crippen LogP contribution in [0.3, 0.4) is 0 Å². The van der Waals surface area contributed by atoms with Crippen LogP contribution in [0, 0.1) is 0 Å². The molecule has 0 atom stereocenters. The third-order valence-corrected chi connectivity index (χ3v) is 5.48. The second-order valence-corrected chi connectivity index (χ2v) is 7.43. The molecule has 0 unspecified atom stereocenters. The van der Waals surface area contributed by atoms with Crippen LogP contribution in [0.15, 0.2) is 34.8 Å². The molecule has 0 N–H and O–H groups in total. The van der Waals surface area contributed by atoms with Gasteiger partial charge in [-0.05, 0) is 54.5 Å². The summed E-state index contributed by atoms with van der Waals surface area (Å²) in [6.45, 7) is 2.34. The van der Waals surface area contributed by atoms with Crippen LogP contribution in [0.25, 0.3) is 0 Å². The molecular weight excluding hydrogens is 420 g/mol. The van der Waals surface area contributed by atoms with Crippen LogP contribution in [0.4, 0.5) is 4.79 Å². The standard InChI is InChI=1S/C20H20BrClO4/c1-3-12-9-14(13-7-8-13)19(10-17(12)22)25-11-15-16(21)5-4-6-18(15)26-20(23)24-2/h4-6,9-10,13H,3,7-8,11H2,1-2H3. The number of ether oxygens (including phenoxy) is 3. The third-order valence-electron chi connectivity index (χ3n) is 4.38. The maximum atomic E-state index is 11.5. The first kappa shape index (κ1) is 19.1. The molecule has 0 heterocycles. The van der Waals surface area contributed by atoms with Crippen molar-refractivity contribution < 1.29 is 19.0 Å². The van der Waals surface area contributed by atoms with Crippen molar-refractivity contribution in [1.82, 2.24) is 0 Å². The lowest BCUT2D eigenvalue weighted by Crippen LogP contribution is -2.10. The zero-order valence-electron chi connectivity index (χ0n) is 14.7. The first-order valence-electron chi connectivity index (χ1n) is 8.51. The van der Waals surface area contributed by atoms with Gasteiger partial charge in [-0.2, -0.15) is 0 Å². The van der Waals surface area contributed by atoms with Gasteiger partial charge in [0.2, 0.25) is 0 Å². The van der Waals surface area contributed by atoms with Gasteiger partial charge in [0.15, 0.2) is 0 Å². The van der Waals surface area contributed by atoms with Gasteiger partial charge >= 0.3 is 6.16 Å². The number of halogens is 2. The number of carbonyl (C=O) groups excluding carboxylic acids is 1. The maximum absolute atomic E-state index is 11.5. The van der Waals surface area contributed by atoms with Gasteiger partial charge in [0, 0.05) is 15.1 Å². The predicted octanol–water partition coefficient (Wildman–Crippen LogP) is 6.27. The van der Waals surface area contributed by atoms with Gasteiger partial charge < -0.3 is 14.2 Å². The molecule has 4 nitrogen and oxygen atoms in total. The highest BCUT2D eigenvalue weighted by Gasteiger charge is 2.28. The summed E-state index contributed by atoms with van der Waals surface area (Å²) in [6.07, 6.45) is 2.47. The van der Waals surface area contributed by atoms with E-state index in [1.807, 2.05) is 12.1 Å². The van der Waals surface area contributed by atoms with Crippen molar-refractivity contribution in [3.8, 4) is 11.5 Å². The molecule has 2 aromatic carbocycles. The Hall–Kier alpha value is -1.72. The minimum atomic E-state index is -0.765. The summed E-state index contributed by atoms with van der Waals surface area (Å²) in [5.74, 6) is 1.72. The third kappa shape index (κ3) is 4.33. The largest absolute Gasteiger partial charge is 0.513 e. The molecule has 0 radical (unpaired) electrons. The number of hydrogen-bond acceptors (Lipinski definition) is 4. The number of methoxy groups -OCH3 is 1. The van der Waals surface area contributed by atoms with Crippen LogP contribution in [0.2, 0.25) is 5.02 Å². The summed E-state index contributed by atoms with van der Waals surface area (Å²) >= 11 is 9.87. The predicted molar refractivity (Wildman–Crippen MR) is 104 cm³/mol. The second-order valence-electron chi connectivity index (χ2n) is 6.17. The van der Waals surface area contributed by atoms with E-state index in [1.54, 1.807) is 12.1 Å². The molecule has 0 spiro atoms. The van der Waals surface area contributed by atoms with Crippen molar-refractivity contribution in [3.05, 3.63) is 56.5 Å². The summed E-state index contributed by atoms with van der Waals surface area (Å²) in [5, 5.41) is 0.713. The summed E-state index contributed by atoms with van der Waals surface area (Å²) in [5.41, 5.74) is 3.07. The lowest BCUT2D eigenvalue weighted by Gasteiger charge is -2.16. The Bertz CT molecular complexity index is 818. The van der Waals surface area contributed by atoms with E-state index in [9.17, 15) is 4.79 Å². The van der Waals surface area contributed by atoms with Gasteiger partial charge in [-0.15, -0.1) is 0 Å². The number of hydrogen-bond donors (Lipinski definition) is 0. The Kier molecular flexibility index (Phi) is 6.09.